The minimum Gasteiger partial charge on any atom is -0.394 e. The maximum Gasteiger partial charge on any atom is 0.225 e. The Morgan fingerprint density at radius 1 is 1.03 bits per heavy atom. The Bertz CT molecular complexity index is 1120. The van der Waals surface area contributed by atoms with Gasteiger partial charge in [0.25, 0.3) is 0 Å². The van der Waals surface area contributed by atoms with Crippen molar-refractivity contribution in [2.24, 2.45) is 0 Å². The van der Waals surface area contributed by atoms with Crippen LogP contribution in [-0.2, 0) is 0 Å². The number of hydrogen-bond acceptors (Lipinski definition) is 10. The summed E-state index contributed by atoms with van der Waals surface area (Å²) in [5.74, 6) is 1.49. The van der Waals surface area contributed by atoms with Crippen LogP contribution in [0.25, 0.3) is 22.2 Å². The van der Waals surface area contributed by atoms with E-state index in [4.69, 9.17) is 5.73 Å². The van der Waals surface area contributed by atoms with Gasteiger partial charge in [0.1, 0.15) is 5.82 Å². The number of hydrogen-bond donors (Lipinski definition) is 3. The third-order valence-electron chi connectivity index (χ3n) is 6.58. The molecule has 0 spiro atoms. The number of rotatable bonds is 10. The van der Waals surface area contributed by atoms with E-state index in [2.05, 4.69) is 53.9 Å². The lowest BCUT2D eigenvalue weighted by Crippen LogP contribution is -2.47. The van der Waals surface area contributed by atoms with Gasteiger partial charge in [-0.2, -0.15) is 4.98 Å². The van der Waals surface area contributed by atoms with Crippen LogP contribution >= 0.6 is 0 Å². The molecule has 4 rings (SSSR count). The number of aliphatic hydroxyl groups is 1. The topological polar surface area (TPSA) is 129 Å². The Balaban J connectivity index is 1.54. The number of aromatic nitrogens is 5. The molecule has 1 aliphatic rings. The number of nitrogens with two attached hydrogens (primary N) is 1. The van der Waals surface area contributed by atoms with Crippen molar-refractivity contribution in [2.45, 2.75) is 52.0 Å². The van der Waals surface area contributed by atoms with Crippen molar-refractivity contribution in [1.29, 1.82) is 0 Å². The second kappa shape index (κ2) is 11.1. The highest BCUT2D eigenvalue weighted by Crippen LogP contribution is 2.28. The lowest BCUT2D eigenvalue weighted by molar-refractivity contribution is 0.212. The average Bonchev–Trinajstić information content (AvgIpc) is 2.88. The molecule has 0 radical (unpaired) electrons. The molecule has 0 amide bonds. The SMILES string of the molecule is CCCC[C@](C)(CO)Nc1nc(N)nc2cc(-c3cnc(N4CCN(CCC)CC4)nc3)ncc12. The van der Waals surface area contributed by atoms with Gasteiger partial charge in [-0.1, -0.05) is 26.7 Å². The number of aliphatic hydroxyl groups excluding tert-OH is 1. The van der Waals surface area contributed by atoms with E-state index in [0.29, 0.717) is 11.3 Å². The van der Waals surface area contributed by atoms with Gasteiger partial charge in [-0.05, 0) is 32.4 Å². The lowest BCUT2D eigenvalue weighted by atomic mass is 9.95. The molecule has 4 heterocycles. The van der Waals surface area contributed by atoms with E-state index >= 15 is 0 Å². The highest BCUT2D eigenvalue weighted by atomic mass is 16.3. The van der Waals surface area contributed by atoms with Gasteiger partial charge in [-0.3, -0.25) is 9.88 Å². The quantitative estimate of drug-likeness (QED) is 0.399. The van der Waals surface area contributed by atoms with Crippen LogP contribution in [0.1, 0.15) is 46.5 Å². The van der Waals surface area contributed by atoms with E-state index in [1.165, 1.54) is 6.42 Å². The highest BCUT2D eigenvalue weighted by Gasteiger charge is 2.24. The molecular formula is C25H37N9O. The number of pyridine rings is 1. The smallest absolute Gasteiger partial charge is 0.225 e. The van der Waals surface area contributed by atoms with Crippen molar-refractivity contribution in [3.05, 3.63) is 24.7 Å². The number of fused-ring (bicyclic) bond motifs is 1. The number of nitrogens with one attached hydrogen (secondary N) is 1. The molecule has 0 unspecified atom stereocenters. The highest BCUT2D eigenvalue weighted by molar-refractivity contribution is 5.91. The van der Waals surface area contributed by atoms with E-state index in [9.17, 15) is 5.11 Å². The van der Waals surface area contributed by atoms with Crippen LogP contribution in [0.3, 0.4) is 0 Å². The maximum atomic E-state index is 9.99. The molecule has 3 aromatic rings. The van der Waals surface area contributed by atoms with E-state index in [1.807, 2.05) is 25.4 Å². The van der Waals surface area contributed by atoms with E-state index in [-0.39, 0.29) is 12.6 Å². The Kier molecular flexibility index (Phi) is 7.92. The van der Waals surface area contributed by atoms with Crippen LogP contribution in [0.5, 0.6) is 0 Å². The molecule has 0 aromatic carbocycles. The summed E-state index contributed by atoms with van der Waals surface area (Å²) in [6.45, 7) is 11.4. The zero-order valence-corrected chi connectivity index (χ0v) is 21.0. The first-order valence-electron chi connectivity index (χ1n) is 12.6. The first-order valence-corrected chi connectivity index (χ1v) is 12.6. The van der Waals surface area contributed by atoms with Crippen molar-refractivity contribution in [3.63, 3.8) is 0 Å². The number of nitrogens with zero attached hydrogens (tertiary/aromatic N) is 7. The molecule has 10 heteroatoms. The van der Waals surface area contributed by atoms with Crippen LogP contribution in [0.4, 0.5) is 17.7 Å². The zero-order valence-electron chi connectivity index (χ0n) is 21.0. The molecule has 188 valence electrons. The fraction of sp³-hybridized carbons (Fsp3) is 0.560. The normalized spacial score (nSPS) is 16.4. The minimum absolute atomic E-state index is 0.0126. The van der Waals surface area contributed by atoms with Crippen LogP contribution in [0.2, 0.25) is 0 Å². The van der Waals surface area contributed by atoms with E-state index in [0.717, 1.165) is 74.6 Å². The third-order valence-corrected chi connectivity index (χ3v) is 6.58. The number of unbranched alkanes of at least 4 members (excludes halogenated alkanes) is 1. The standard InChI is InChI=1S/C25H37N9O/c1-4-6-7-25(3,17-35)32-22-19-16-27-20(13-21(19)30-23(26)31-22)18-14-28-24(29-15-18)34-11-9-33(8-5-2)10-12-34/h13-16,35H,4-12,17H2,1-3H3,(H3,26,30,31,32)/t25-/m1/s1. The molecule has 0 aliphatic carbocycles. The summed E-state index contributed by atoms with van der Waals surface area (Å²) < 4.78 is 0. The van der Waals surface area contributed by atoms with Crippen molar-refractivity contribution >= 4 is 28.6 Å². The molecule has 0 saturated carbocycles. The minimum atomic E-state index is -0.506. The Hall–Kier alpha value is -3.11. The maximum absolute atomic E-state index is 9.99. The molecule has 10 nitrogen and oxygen atoms in total. The molecule has 0 bridgehead atoms. The second-order valence-corrected chi connectivity index (χ2v) is 9.56. The average molecular weight is 480 g/mol. The first-order chi connectivity index (χ1) is 16.9. The van der Waals surface area contributed by atoms with E-state index in [1.54, 1.807) is 6.20 Å². The summed E-state index contributed by atoms with van der Waals surface area (Å²) in [6.07, 6.45) is 9.40. The number of anilines is 3. The molecule has 1 fully saturated rings. The number of piperazine rings is 1. The van der Waals surface area contributed by atoms with Crippen molar-refractivity contribution in [3.8, 4) is 11.3 Å². The third kappa shape index (κ3) is 5.94. The van der Waals surface area contributed by atoms with Gasteiger partial charge in [0, 0.05) is 50.3 Å². The van der Waals surface area contributed by atoms with Gasteiger partial charge in [0.05, 0.1) is 28.7 Å². The number of nitrogen functional groups attached to an aromatic ring is 1. The van der Waals surface area contributed by atoms with Gasteiger partial charge in [0.15, 0.2) is 0 Å². The Morgan fingerprint density at radius 3 is 2.43 bits per heavy atom. The van der Waals surface area contributed by atoms with Gasteiger partial charge in [-0.25, -0.2) is 15.0 Å². The predicted octanol–water partition coefficient (Wildman–Crippen LogP) is 2.95. The van der Waals surface area contributed by atoms with Crippen LogP contribution in [0, 0.1) is 0 Å². The second-order valence-electron chi connectivity index (χ2n) is 9.56. The molecule has 1 atom stereocenters. The summed E-state index contributed by atoms with van der Waals surface area (Å²) in [5.41, 5.74) is 7.73. The zero-order chi connectivity index (χ0) is 24.8. The summed E-state index contributed by atoms with van der Waals surface area (Å²) >= 11 is 0. The lowest BCUT2D eigenvalue weighted by Gasteiger charge is -2.34. The molecule has 1 saturated heterocycles. The van der Waals surface area contributed by atoms with Gasteiger partial charge < -0.3 is 21.1 Å². The molecular weight excluding hydrogens is 442 g/mol. The largest absolute Gasteiger partial charge is 0.394 e. The van der Waals surface area contributed by atoms with Crippen LogP contribution < -0.4 is 16.0 Å². The predicted molar refractivity (Wildman–Crippen MR) is 140 cm³/mol. The Morgan fingerprint density at radius 2 is 1.77 bits per heavy atom. The molecule has 35 heavy (non-hydrogen) atoms. The summed E-state index contributed by atoms with van der Waals surface area (Å²) in [5, 5.41) is 14.1. The molecule has 4 N–H and O–H groups in total. The van der Waals surface area contributed by atoms with Crippen molar-refractivity contribution in [2.75, 3.05) is 55.3 Å². The van der Waals surface area contributed by atoms with Gasteiger partial charge in [-0.15, -0.1) is 0 Å². The van der Waals surface area contributed by atoms with Gasteiger partial charge >= 0.3 is 0 Å². The van der Waals surface area contributed by atoms with E-state index < -0.39 is 5.54 Å². The summed E-state index contributed by atoms with van der Waals surface area (Å²) in [4.78, 5) is 27.4. The van der Waals surface area contributed by atoms with Gasteiger partial charge in [0.2, 0.25) is 11.9 Å². The molecule has 1 aliphatic heterocycles. The van der Waals surface area contributed by atoms with Crippen molar-refractivity contribution in [1.82, 2.24) is 29.8 Å². The fourth-order valence-corrected chi connectivity index (χ4v) is 4.43. The van der Waals surface area contributed by atoms with Crippen molar-refractivity contribution < 1.29 is 5.11 Å². The van der Waals surface area contributed by atoms with Crippen LogP contribution in [0.15, 0.2) is 24.7 Å². The Labute approximate surface area is 207 Å². The monoisotopic (exact) mass is 479 g/mol. The summed E-state index contributed by atoms with van der Waals surface area (Å²) in [6, 6.07) is 1.88. The molecule has 3 aromatic heterocycles. The van der Waals surface area contributed by atoms with Crippen LogP contribution in [-0.4, -0.2) is 79.8 Å². The first kappa shape index (κ1) is 25.0. The fourth-order valence-electron chi connectivity index (χ4n) is 4.43. The summed E-state index contributed by atoms with van der Waals surface area (Å²) in [7, 11) is 0.